The van der Waals surface area contributed by atoms with Gasteiger partial charge in [-0.05, 0) is 36.4 Å². The molecule has 3 rings (SSSR count). The van der Waals surface area contributed by atoms with Crippen LogP contribution in [0.5, 0.6) is 5.75 Å². The van der Waals surface area contributed by atoms with Gasteiger partial charge in [-0.15, -0.1) is 0 Å². The molecule has 20 heavy (non-hydrogen) atoms. The Bertz CT molecular complexity index is 660. The first-order valence-electron chi connectivity index (χ1n) is 6.13. The summed E-state index contributed by atoms with van der Waals surface area (Å²) in [4.78, 5) is 0. The van der Waals surface area contributed by atoms with Crippen molar-refractivity contribution in [2.24, 2.45) is 0 Å². The number of hydrogen-bond donors (Lipinski definition) is 1. The van der Waals surface area contributed by atoms with Crippen molar-refractivity contribution in [3.63, 3.8) is 0 Å². The van der Waals surface area contributed by atoms with Crippen molar-refractivity contribution < 1.29 is 9.84 Å². The monoisotopic (exact) mass is 372 g/mol. The van der Waals surface area contributed by atoms with E-state index >= 15 is 0 Å². The maximum Gasteiger partial charge on any atom is 0.128 e. The number of aliphatic hydroxyl groups is 1. The predicted molar refractivity (Wildman–Crippen MR) is 83.5 cm³/mol. The molecule has 5 heteroatoms. The summed E-state index contributed by atoms with van der Waals surface area (Å²) in [7, 11) is 0. The lowest BCUT2D eigenvalue weighted by atomic mass is 9.95. The third-order valence-electron chi connectivity index (χ3n) is 3.34. The quantitative estimate of drug-likeness (QED) is 0.733. The van der Waals surface area contributed by atoms with Gasteiger partial charge in [-0.1, -0.05) is 39.1 Å². The van der Waals surface area contributed by atoms with E-state index in [0.29, 0.717) is 22.2 Å². The Hall–Kier alpha value is -0.740. The van der Waals surface area contributed by atoms with E-state index < -0.39 is 6.10 Å². The molecule has 0 radical (unpaired) electrons. The molecule has 1 aliphatic heterocycles. The van der Waals surface area contributed by atoms with Crippen LogP contribution in [0.3, 0.4) is 0 Å². The van der Waals surface area contributed by atoms with Gasteiger partial charge in [-0.2, -0.15) is 0 Å². The van der Waals surface area contributed by atoms with Gasteiger partial charge in [0.1, 0.15) is 11.9 Å². The largest absolute Gasteiger partial charge is 0.485 e. The Morgan fingerprint density at radius 3 is 2.45 bits per heavy atom. The Kier molecular flexibility index (Phi) is 3.95. The van der Waals surface area contributed by atoms with Crippen molar-refractivity contribution in [3.8, 4) is 5.75 Å². The van der Waals surface area contributed by atoms with Gasteiger partial charge in [-0.3, -0.25) is 0 Å². The molecule has 0 bridgehead atoms. The standard InChI is InChI=1S/C15H11BrCl2O2/c16-12-3-1-8(17)5-10(12)15-7-13(19)11-6-9(18)2-4-14(11)20-15/h1-6,13,15,19H,7H2/t13-,15?/m0/s1. The van der Waals surface area contributed by atoms with Crippen molar-refractivity contribution in [1.82, 2.24) is 0 Å². The second-order valence-corrected chi connectivity index (χ2v) is 6.43. The lowest BCUT2D eigenvalue weighted by Crippen LogP contribution is -2.19. The molecule has 2 aromatic rings. The Morgan fingerprint density at radius 1 is 1.05 bits per heavy atom. The van der Waals surface area contributed by atoms with Crippen LogP contribution in [-0.4, -0.2) is 5.11 Å². The highest BCUT2D eigenvalue weighted by Gasteiger charge is 2.29. The van der Waals surface area contributed by atoms with Gasteiger partial charge in [0, 0.05) is 32.1 Å². The average molecular weight is 374 g/mol. The first-order chi connectivity index (χ1) is 9.54. The maximum atomic E-state index is 10.3. The number of hydrogen-bond acceptors (Lipinski definition) is 2. The third-order valence-corrected chi connectivity index (χ3v) is 4.53. The second kappa shape index (κ2) is 5.57. The zero-order valence-electron chi connectivity index (χ0n) is 10.3. The molecule has 1 aliphatic rings. The van der Waals surface area contributed by atoms with E-state index in [0.717, 1.165) is 15.6 Å². The lowest BCUT2D eigenvalue weighted by Gasteiger charge is -2.30. The summed E-state index contributed by atoms with van der Waals surface area (Å²) >= 11 is 15.5. The van der Waals surface area contributed by atoms with Crippen LogP contribution < -0.4 is 4.74 Å². The van der Waals surface area contributed by atoms with Crippen LogP contribution >= 0.6 is 39.1 Å². The molecule has 2 nitrogen and oxygen atoms in total. The average Bonchev–Trinajstić information content (AvgIpc) is 2.42. The summed E-state index contributed by atoms with van der Waals surface area (Å²) in [6, 6.07) is 10.8. The summed E-state index contributed by atoms with van der Waals surface area (Å²) in [6.07, 6.45) is -0.383. The number of rotatable bonds is 1. The molecular weight excluding hydrogens is 363 g/mol. The van der Waals surface area contributed by atoms with E-state index in [2.05, 4.69) is 15.9 Å². The fourth-order valence-corrected chi connectivity index (χ4v) is 3.23. The molecule has 0 saturated heterocycles. The number of aliphatic hydroxyl groups excluding tert-OH is 1. The topological polar surface area (TPSA) is 29.5 Å². The van der Waals surface area contributed by atoms with Crippen molar-refractivity contribution in [1.29, 1.82) is 0 Å². The molecule has 1 unspecified atom stereocenters. The van der Waals surface area contributed by atoms with Gasteiger partial charge in [-0.25, -0.2) is 0 Å². The van der Waals surface area contributed by atoms with Crippen LogP contribution in [0.4, 0.5) is 0 Å². The normalized spacial score (nSPS) is 21.2. The fraction of sp³-hybridized carbons (Fsp3) is 0.200. The van der Waals surface area contributed by atoms with Crippen molar-refractivity contribution in [3.05, 3.63) is 62.0 Å². The van der Waals surface area contributed by atoms with Gasteiger partial charge >= 0.3 is 0 Å². The van der Waals surface area contributed by atoms with Crippen LogP contribution in [0, 0.1) is 0 Å². The fourth-order valence-electron chi connectivity index (χ4n) is 2.37. The Morgan fingerprint density at radius 2 is 1.70 bits per heavy atom. The van der Waals surface area contributed by atoms with Crippen molar-refractivity contribution in [2.45, 2.75) is 18.6 Å². The summed E-state index contributed by atoms with van der Waals surface area (Å²) in [5.74, 6) is 0.657. The summed E-state index contributed by atoms with van der Waals surface area (Å²) < 4.78 is 6.89. The van der Waals surface area contributed by atoms with E-state index in [-0.39, 0.29) is 6.10 Å². The Labute approximate surface area is 135 Å². The summed E-state index contributed by atoms with van der Waals surface area (Å²) in [5.41, 5.74) is 1.66. The van der Waals surface area contributed by atoms with Crippen molar-refractivity contribution in [2.75, 3.05) is 0 Å². The first kappa shape index (κ1) is 14.2. The molecule has 1 N–H and O–H groups in total. The van der Waals surface area contributed by atoms with E-state index in [1.807, 2.05) is 18.2 Å². The van der Waals surface area contributed by atoms with Gasteiger partial charge in [0.15, 0.2) is 0 Å². The molecule has 0 fully saturated rings. The molecule has 0 aliphatic carbocycles. The van der Waals surface area contributed by atoms with E-state index in [9.17, 15) is 5.11 Å². The van der Waals surface area contributed by atoms with Gasteiger partial charge in [0.2, 0.25) is 0 Å². The molecule has 2 atom stereocenters. The smallest absolute Gasteiger partial charge is 0.128 e. The van der Waals surface area contributed by atoms with E-state index in [4.69, 9.17) is 27.9 Å². The summed E-state index contributed by atoms with van der Waals surface area (Å²) in [5, 5.41) is 11.5. The third kappa shape index (κ3) is 2.68. The molecule has 0 amide bonds. The molecule has 2 aromatic carbocycles. The lowest BCUT2D eigenvalue weighted by molar-refractivity contribution is 0.0654. The molecule has 104 valence electrons. The minimum absolute atomic E-state index is 0.244. The molecule has 0 saturated carbocycles. The van der Waals surface area contributed by atoms with E-state index in [1.54, 1.807) is 18.2 Å². The maximum absolute atomic E-state index is 10.3. The highest BCUT2D eigenvalue weighted by molar-refractivity contribution is 9.10. The number of ether oxygens (including phenoxy) is 1. The highest BCUT2D eigenvalue weighted by Crippen LogP contribution is 2.43. The number of halogens is 3. The molecule has 0 aromatic heterocycles. The highest BCUT2D eigenvalue weighted by atomic mass is 79.9. The second-order valence-electron chi connectivity index (χ2n) is 4.71. The first-order valence-corrected chi connectivity index (χ1v) is 7.68. The van der Waals surface area contributed by atoms with Crippen LogP contribution in [-0.2, 0) is 0 Å². The SMILES string of the molecule is O[C@H]1CC(c2cc(Cl)ccc2Br)Oc2ccc(Cl)cc21. The van der Waals surface area contributed by atoms with Gasteiger partial charge < -0.3 is 9.84 Å². The predicted octanol–water partition coefficient (Wildman–Crippen LogP) is 5.31. The molecule has 0 spiro atoms. The number of benzene rings is 2. The zero-order chi connectivity index (χ0) is 14.3. The van der Waals surface area contributed by atoms with Gasteiger partial charge in [0.25, 0.3) is 0 Å². The van der Waals surface area contributed by atoms with Crippen LogP contribution in [0.25, 0.3) is 0 Å². The molecule has 1 heterocycles. The molecular formula is C15H11BrCl2O2. The van der Waals surface area contributed by atoms with Gasteiger partial charge in [0.05, 0.1) is 6.10 Å². The van der Waals surface area contributed by atoms with E-state index in [1.165, 1.54) is 0 Å². The summed E-state index contributed by atoms with van der Waals surface area (Å²) in [6.45, 7) is 0. The minimum atomic E-state index is -0.603. The van der Waals surface area contributed by atoms with Crippen molar-refractivity contribution >= 4 is 39.1 Å². The zero-order valence-corrected chi connectivity index (χ0v) is 13.4. The van der Waals surface area contributed by atoms with Crippen LogP contribution in [0.15, 0.2) is 40.9 Å². The minimum Gasteiger partial charge on any atom is -0.485 e. The van der Waals surface area contributed by atoms with Crippen LogP contribution in [0.1, 0.15) is 29.8 Å². The Balaban J connectivity index is 1.99. The number of fused-ring (bicyclic) bond motifs is 1. The van der Waals surface area contributed by atoms with Crippen LogP contribution in [0.2, 0.25) is 10.0 Å².